The lowest BCUT2D eigenvalue weighted by Crippen LogP contribution is -2.41. The van der Waals surface area contributed by atoms with Crippen molar-refractivity contribution in [1.82, 2.24) is 0 Å². The standard InChI is InChI=1S/C18H20N2O4S/c1-24-18(21)15-9-16(19)11-17(10-15)20-12-14(7-8-25(20,22)23)13-5-3-2-4-6-13/h2-6,9-11,14H,7-8,12,19H2,1H3. The van der Waals surface area contributed by atoms with Crippen molar-refractivity contribution in [3.63, 3.8) is 0 Å². The van der Waals surface area contributed by atoms with Crippen LogP contribution in [-0.2, 0) is 14.8 Å². The second-order valence-electron chi connectivity index (χ2n) is 6.05. The van der Waals surface area contributed by atoms with E-state index in [1.807, 2.05) is 30.3 Å². The number of ether oxygens (including phenoxy) is 1. The Morgan fingerprint density at radius 3 is 2.60 bits per heavy atom. The number of nitrogens with zero attached hydrogens (tertiary/aromatic N) is 1. The SMILES string of the molecule is COC(=O)c1cc(N)cc(N2CC(c3ccccc3)CCS2(=O)=O)c1. The van der Waals surface area contributed by atoms with Gasteiger partial charge in [-0.25, -0.2) is 13.2 Å². The van der Waals surface area contributed by atoms with Crippen molar-refractivity contribution in [1.29, 1.82) is 0 Å². The Hall–Kier alpha value is -2.54. The van der Waals surface area contributed by atoms with Crippen LogP contribution >= 0.6 is 0 Å². The van der Waals surface area contributed by atoms with Gasteiger partial charge >= 0.3 is 5.97 Å². The van der Waals surface area contributed by atoms with Gasteiger partial charge in [0.15, 0.2) is 0 Å². The molecule has 0 spiro atoms. The van der Waals surface area contributed by atoms with Crippen LogP contribution in [0.1, 0.15) is 28.3 Å². The van der Waals surface area contributed by atoms with E-state index < -0.39 is 16.0 Å². The molecule has 7 heteroatoms. The molecule has 0 saturated carbocycles. The molecule has 3 rings (SSSR count). The summed E-state index contributed by atoms with van der Waals surface area (Å²) in [4.78, 5) is 11.8. The lowest BCUT2D eigenvalue weighted by atomic mass is 9.96. The van der Waals surface area contributed by atoms with E-state index in [4.69, 9.17) is 10.5 Å². The van der Waals surface area contributed by atoms with Crippen molar-refractivity contribution in [2.45, 2.75) is 12.3 Å². The summed E-state index contributed by atoms with van der Waals surface area (Å²) in [6.45, 7) is 0.316. The molecule has 6 nitrogen and oxygen atoms in total. The largest absolute Gasteiger partial charge is 0.465 e. The highest BCUT2D eigenvalue weighted by atomic mass is 32.2. The molecule has 2 aromatic carbocycles. The molecule has 0 aromatic heterocycles. The monoisotopic (exact) mass is 360 g/mol. The number of hydrogen-bond donors (Lipinski definition) is 1. The molecule has 1 aliphatic rings. The summed E-state index contributed by atoms with van der Waals surface area (Å²) in [5, 5.41) is 0. The Morgan fingerprint density at radius 1 is 1.20 bits per heavy atom. The molecular formula is C18H20N2O4S. The number of esters is 1. The Balaban J connectivity index is 1.98. The first-order valence-corrected chi connectivity index (χ1v) is 9.56. The fourth-order valence-electron chi connectivity index (χ4n) is 3.08. The van der Waals surface area contributed by atoms with Crippen molar-refractivity contribution < 1.29 is 17.9 Å². The fourth-order valence-corrected chi connectivity index (χ4v) is 4.72. The summed E-state index contributed by atoms with van der Waals surface area (Å²) < 4.78 is 31.2. The maximum Gasteiger partial charge on any atom is 0.337 e. The van der Waals surface area contributed by atoms with Gasteiger partial charge < -0.3 is 10.5 Å². The Bertz CT molecular complexity index is 881. The lowest BCUT2D eigenvalue weighted by Gasteiger charge is -2.34. The number of carbonyl (C=O) groups is 1. The summed E-state index contributed by atoms with van der Waals surface area (Å²) in [5.74, 6) is -0.412. The third kappa shape index (κ3) is 3.61. The van der Waals surface area contributed by atoms with Gasteiger partial charge in [-0.2, -0.15) is 0 Å². The number of hydrogen-bond acceptors (Lipinski definition) is 5. The van der Waals surface area contributed by atoms with Crippen molar-refractivity contribution in [2.75, 3.05) is 29.4 Å². The molecular weight excluding hydrogens is 340 g/mol. The average Bonchev–Trinajstić information content (AvgIpc) is 2.61. The summed E-state index contributed by atoms with van der Waals surface area (Å²) in [5.41, 5.74) is 7.90. The highest BCUT2D eigenvalue weighted by molar-refractivity contribution is 7.92. The molecule has 0 bridgehead atoms. The van der Waals surface area contributed by atoms with E-state index in [1.54, 1.807) is 6.07 Å². The molecule has 1 atom stereocenters. The molecule has 1 fully saturated rings. The van der Waals surface area contributed by atoms with Crippen LogP contribution < -0.4 is 10.0 Å². The van der Waals surface area contributed by atoms with E-state index in [-0.39, 0.29) is 17.2 Å². The summed E-state index contributed by atoms with van der Waals surface area (Å²) >= 11 is 0. The normalized spacial score (nSPS) is 19.4. The lowest BCUT2D eigenvalue weighted by molar-refractivity contribution is 0.0601. The minimum atomic E-state index is -3.46. The van der Waals surface area contributed by atoms with Crippen molar-refractivity contribution in [3.05, 3.63) is 59.7 Å². The Labute approximate surface area is 147 Å². The number of benzene rings is 2. The number of carbonyl (C=O) groups excluding carboxylic acids is 1. The summed E-state index contributed by atoms with van der Waals surface area (Å²) in [6, 6.07) is 14.4. The van der Waals surface area contributed by atoms with Gasteiger partial charge in [-0.05, 0) is 30.2 Å². The highest BCUT2D eigenvalue weighted by Gasteiger charge is 2.33. The topological polar surface area (TPSA) is 89.7 Å². The molecule has 132 valence electrons. The third-order valence-electron chi connectivity index (χ3n) is 4.37. The van der Waals surface area contributed by atoms with Crippen LogP contribution in [0.5, 0.6) is 0 Å². The average molecular weight is 360 g/mol. The maximum absolute atomic E-state index is 12.6. The zero-order valence-electron chi connectivity index (χ0n) is 13.9. The molecule has 0 amide bonds. The number of nitrogens with two attached hydrogens (primary N) is 1. The molecule has 1 aliphatic heterocycles. The molecule has 1 saturated heterocycles. The summed E-state index contributed by atoms with van der Waals surface area (Å²) in [7, 11) is -2.19. The molecule has 25 heavy (non-hydrogen) atoms. The molecule has 0 aliphatic carbocycles. The molecule has 0 radical (unpaired) electrons. The Morgan fingerprint density at radius 2 is 1.92 bits per heavy atom. The van der Waals surface area contributed by atoms with Crippen LogP contribution in [0, 0.1) is 0 Å². The number of anilines is 2. The minimum absolute atomic E-state index is 0.0505. The van der Waals surface area contributed by atoms with Crippen LogP contribution in [0.2, 0.25) is 0 Å². The van der Waals surface area contributed by atoms with Gasteiger partial charge in [-0.15, -0.1) is 0 Å². The van der Waals surface area contributed by atoms with E-state index in [0.717, 1.165) is 5.56 Å². The molecule has 1 unspecified atom stereocenters. The van der Waals surface area contributed by atoms with Crippen molar-refractivity contribution in [3.8, 4) is 0 Å². The van der Waals surface area contributed by atoms with E-state index in [9.17, 15) is 13.2 Å². The van der Waals surface area contributed by atoms with Gasteiger partial charge in [-0.1, -0.05) is 30.3 Å². The molecule has 2 aromatic rings. The quantitative estimate of drug-likeness (QED) is 0.670. The van der Waals surface area contributed by atoms with Crippen LogP contribution in [-0.4, -0.2) is 33.8 Å². The third-order valence-corrected chi connectivity index (χ3v) is 6.15. The smallest absolute Gasteiger partial charge is 0.337 e. The van der Waals surface area contributed by atoms with Crippen LogP contribution in [0.15, 0.2) is 48.5 Å². The van der Waals surface area contributed by atoms with Gasteiger partial charge in [0.1, 0.15) is 0 Å². The van der Waals surface area contributed by atoms with Crippen LogP contribution in [0.3, 0.4) is 0 Å². The first-order chi connectivity index (χ1) is 11.9. The number of nitrogen functional groups attached to an aromatic ring is 1. The van der Waals surface area contributed by atoms with Gasteiger partial charge in [0.25, 0.3) is 0 Å². The van der Waals surface area contributed by atoms with E-state index in [1.165, 1.54) is 23.5 Å². The zero-order valence-corrected chi connectivity index (χ0v) is 14.7. The van der Waals surface area contributed by atoms with Crippen molar-refractivity contribution in [2.24, 2.45) is 0 Å². The van der Waals surface area contributed by atoms with E-state index >= 15 is 0 Å². The number of methoxy groups -OCH3 is 1. The maximum atomic E-state index is 12.6. The second-order valence-corrected chi connectivity index (χ2v) is 8.06. The molecule has 2 N–H and O–H groups in total. The first-order valence-electron chi connectivity index (χ1n) is 7.95. The fraction of sp³-hybridized carbons (Fsp3) is 0.278. The number of sulfonamides is 1. The van der Waals surface area contributed by atoms with E-state index in [2.05, 4.69) is 0 Å². The zero-order chi connectivity index (χ0) is 18.0. The highest BCUT2D eigenvalue weighted by Crippen LogP contribution is 2.33. The van der Waals surface area contributed by atoms with Gasteiger partial charge in [0, 0.05) is 18.2 Å². The van der Waals surface area contributed by atoms with E-state index in [0.29, 0.717) is 24.3 Å². The van der Waals surface area contributed by atoms with Gasteiger partial charge in [0.05, 0.1) is 24.1 Å². The van der Waals surface area contributed by atoms with Crippen molar-refractivity contribution >= 4 is 27.4 Å². The predicted molar refractivity (Wildman–Crippen MR) is 97.1 cm³/mol. The van der Waals surface area contributed by atoms with Gasteiger partial charge in [-0.3, -0.25) is 4.31 Å². The second kappa shape index (κ2) is 6.76. The minimum Gasteiger partial charge on any atom is -0.465 e. The van der Waals surface area contributed by atoms with Crippen LogP contribution in [0.25, 0.3) is 0 Å². The summed E-state index contributed by atoms with van der Waals surface area (Å²) in [6.07, 6.45) is 0.565. The van der Waals surface area contributed by atoms with Crippen LogP contribution in [0.4, 0.5) is 11.4 Å². The first kappa shape index (κ1) is 17.3. The predicted octanol–water partition coefficient (Wildman–Crippen LogP) is 2.38. The van der Waals surface area contributed by atoms with Gasteiger partial charge in [0.2, 0.25) is 10.0 Å². The molecule has 1 heterocycles. The Kier molecular flexibility index (Phi) is 4.67. The number of rotatable bonds is 3.